The molecule has 1 heterocycles. The molecule has 0 radical (unpaired) electrons. The van der Waals surface area contributed by atoms with Crippen LogP contribution in [0.2, 0.25) is 0 Å². The fraction of sp³-hybridized carbons (Fsp3) is 0.211. The summed E-state index contributed by atoms with van der Waals surface area (Å²) in [5.74, 6) is -0.788. The normalized spacial score (nSPS) is 15.9. The lowest BCUT2D eigenvalue weighted by Gasteiger charge is -2.15. The van der Waals surface area contributed by atoms with Gasteiger partial charge in [-0.2, -0.15) is 8.78 Å². The molecule has 0 saturated heterocycles. The number of benzene rings is 2. The summed E-state index contributed by atoms with van der Waals surface area (Å²) in [7, 11) is -2.69. The Bertz CT molecular complexity index is 1010. The van der Waals surface area contributed by atoms with Gasteiger partial charge in [0.25, 0.3) is 15.9 Å². The fourth-order valence-electron chi connectivity index (χ4n) is 2.82. The highest BCUT2D eigenvalue weighted by Crippen LogP contribution is 2.36. The number of nitrogens with one attached hydrogen (secondary N) is 1. The topological polar surface area (TPSA) is 84.9 Å². The van der Waals surface area contributed by atoms with Gasteiger partial charge in [-0.05, 0) is 29.8 Å². The minimum absolute atomic E-state index is 0.0417. The van der Waals surface area contributed by atoms with E-state index in [9.17, 15) is 22.0 Å². The van der Waals surface area contributed by atoms with E-state index in [1.54, 1.807) is 30.3 Å². The second-order valence-corrected chi connectivity index (χ2v) is 7.77. The number of carbonyl (C=O) groups excluding carboxylic acids is 1. The Morgan fingerprint density at radius 1 is 1.07 bits per heavy atom. The van der Waals surface area contributed by atoms with E-state index in [1.165, 1.54) is 31.4 Å². The van der Waals surface area contributed by atoms with Crippen molar-refractivity contribution in [2.75, 3.05) is 25.6 Å². The Balaban J connectivity index is 2.00. The Morgan fingerprint density at radius 3 is 2.31 bits per heavy atom. The van der Waals surface area contributed by atoms with Crippen molar-refractivity contribution in [1.82, 2.24) is 4.31 Å². The summed E-state index contributed by atoms with van der Waals surface area (Å²) in [5, 5.41) is 2.81. The molecule has 0 saturated carbocycles. The predicted molar refractivity (Wildman–Crippen MR) is 103 cm³/mol. The van der Waals surface area contributed by atoms with Crippen molar-refractivity contribution in [2.24, 2.45) is 0 Å². The van der Waals surface area contributed by atoms with Crippen molar-refractivity contribution in [1.29, 1.82) is 0 Å². The second-order valence-electron chi connectivity index (χ2n) is 5.97. The molecule has 0 spiro atoms. The number of ether oxygens (including phenoxy) is 2. The Labute approximate surface area is 166 Å². The van der Waals surface area contributed by atoms with Crippen LogP contribution < -0.4 is 10.1 Å². The second kappa shape index (κ2) is 8.58. The Hall–Kier alpha value is -2.98. The van der Waals surface area contributed by atoms with Crippen molar-refractivity contribution < 1.29 is 31.5 Å². The number of sulfonamides is 1. The molecular formula is C19H18F2N2O5S. The minimum atomic E-state index is -4.10. The van der Waals surface area contributed by atoms with E-state index in [1.807, 2.05) is 0 Å². The maximum atomic E-state index is 13.0. The lowest BCUT2D eigenvalue weighted by atomic mass is 10.1. The largest absolute Gasteiger partial charge is 0.435 e. The first-order valence-corrected chi connectivity index (χ1v) is 9.96. The molecule has 1 amide bonds. The van der Waals surface area contributed by atoms with Gasteiger partial charge >= 0.3 is 6.61 Å². The van der Waals surface area contributed by atoms with Gasteiger partial charge in [-0.15, -0.1) is 0 Å². The first kappa shape index (κ1) is 20.7. The van der Waals surface area contributed by atoms with Crippen LogP contribution in [0, 0.1) is 0 Å². The molecule has 1 N–H and O–H groups in total. The number of methoxy groups -OCH3 is 1. The lowest BCUT2D eigenvalue weighted by Crippen LogP contribution is -2.35. The first-order valence-electron chi connectivity index (χ1n) is 8.52. The van der Waals surface area contributed by atoms with Crippen LogP contribution in [-0.2, 0) is 19.6 Å². The van der Waals surface area contributed by atoms with Gasteiger partial charge in [0, 0.05) is 12.8 Å². The van der Waals surface area contributed by atoms with Crippen molar-refractivity contribution in [2.45, 2.75) is 6.61 Å². The number of carbonyl (C=O) groups is 1. The molecule has 2 aromatic carbocycles. The van der Waals surface area contributed by atoms with Crippen LogP contribution in [0.4, 0.5) is 14.5 Å². The molecule has 3 rings (SSSR count). The molecule has 1 aliphatic heterocycles. The third-order valence-corrected chi connectivity index (χ3v) is 5.98. The van der Waals surface area contributed by atoms with Gasteiger partial charge in [-0.3, -0.25) is 4.79 Å². The van der Waals surface area contributed by atoms with Crippen LogP contribution in [0.1, 0.15) is 5.56 Å². The van der Waals surface area contributed by atoms with E-state index in [0.29, 0.717) is 11.3 Å². The minimum Gasteiger partial charge on any atom is -0.435 e. The van der Waals surface area contributed by atoms with Crippen molar-refractivity contribution in [3.8, 4) is 5.75 Å². The zero-order valence-corrected chi connectivity index (χ0v) is 16.2. The van der Waals surface area contributed by atoms with Crippen molar-refractivity contribution in [3.05, 3.63) is 65.9 Å². The molecular weight excluding hydrogens is 406 g/mol. The van der Waals surface area contributed by atoms with Gasteiger partial charge in [0.15, 0.2) is 0 Å². The molecule has 7 nitrogen and oxygen atoms in total. The third-order valence-electron chi connectivity index (χ3n) is 4.10. The zero-order valence-electron chi connectivity index (χ0n) is 15.3. The molecule has 10 heteroatoms. The highest BCUT2D eigenvalue weighted by molar-refractivity contribution is 7.99. The molecule has 0 aliphatic carbocycles. The van der Waals surface area contributed by atoms with Crippen LogP contribution in [0.3, 0.4) is 0 Å². The number of amides is 1. The standard InChI is InChI=1S/C19H18F2N2O5S/c1-27-12-11-23-18(24)16(17(29(23,25)26)13-5-3-2-4-6-13)22-14-7-9-15(10-8-14)28-19(20)21/h2-10,19,22H,11-12H2,1H3. The SMILES string of the molecule is COCCN1C(=O)C(Nc2ccc(OC(F)F)cc2)=C(c2ccccc2)S1(=O)=O. The Kier molecular flexibility index (Phi) is 6.14. The average molecular weight is 424 g/mol. The molecule has 0 aromatic heterocycles. The highest BCUT2D eigenvalue weighted by atomic mass is 32.2. The summed E-state index contributed by atoms with van der Waals surface area (Å²) < 4.78 is 60.6. The van der Waals surface area contributed by atoms with Gasteiger partial charge < -0.3 is 14.8 Å². The Morgan fingerprint density at radius 2 is 1.72 bits per heavy atom. The number of rotatable bonds is 8. The van der Waals surface area contributed by atoms with E-state index in [-0.39, 0.29) is 29.5 Å². The third kappa shape index (κ3) is 4.38. The van der Waals surface area contributed by atoms with E-state index in [2.05, 4.69) is 10.1 Å². The number of nitrogens with zero attached hydrogens (tertiary/aromatic N) is 1. The maximum absolute atomic E-state index is 13.0. The lowest BCUT2D eigenvalue weighted by molar-refractivity contribution is -0.122. The van der Waals surface area contributed by atoms with E-state index in [0.717, 1.165) is 4.31 Å². The van der Waals surface area contributed by atoms with Crippen LogP contribution in [0.25, 0.3) is 4.91 Å². The maximum Gasteiger partial charge on any atom is 0.387 e. The van der Waals surface area contributed by atoms with Crippen LogP contribution in [-0.4, -0.2) is 45.5 Å². The average Bonchev–Trinajstić information content (AvgIpc) is 2.87. The van der Waals surface area contributed by atoms with E-state index in [4.69, 9.17) is 4.74 Å². The summed E-state index contributed by atoms with van der Waals surface area (Å²) in [4.78, 5) is 12.7. The van der Waals surface area contributed by atoms with Crippen molar-refractivity contribution in [3.63, 3.8) is 0 Å². The smallest absolute Gasteiger partial charge is 0.387 e. The molecule has 0 fully saturated rings. The van der Waals surface area contributed by atoms with E-state index < -0.39 is 22.5 Å². The zero-order chi connectivity index (χ0) is 21.0. The van der Waals surface area contributed by atoms with Gasteiger partial charge in [0.05, 0.1) is 13.2 Å². The van der Waals surface area contributed by atoms with Gasteiger partial charge in [-0.1, -0.05) is 30.3 Å². The van der Waals surface area contributed by atoms with Crippen molar-refractivity contribution >= 4 is 26.5 Å². The summed E-state index contributed by atoms with van der Waals surface area (Å²) in [6.07, 6.45) is 0. The van der Waals surface area contributed by atoms with E-state index >= 15 is 0 Å². The molecule has 0 atom stereocenters. The quantitative estimate of drug-likeness (QED) is 0.702. The number of hydrogen-bond donors (Lipinski definition) is 1. The molecule has 154 valence electrons. The number of alkyl halides is 2. The first-order chi connectivity index (χ1) is 13.8. The highest BCUT2D eigenvalue weighted by Gasteiger charge is 2.44. The summed E-state index contributed by atoms with van der Waals surface area (Å²) in [5.41, 5.74) is 0.558. The van der Waals surface area contributed by atoms with Gasteiger partial charge in [-0.25, -0.2) is 12.7 Å². The summed E-state index contributed by atoms with van der Waals surface area (Å²) in [6.45, 7) is -3.06. The van der Waals surface area contributed by atoms with Gasteiger partial charge in [0.2, 0.25) is 0 Å². The molecule has 0 unspecified atom stereocenters. The molecule has 0 bridgehead atoms. The monoisotopic (exact) mass is 424 g/mol. The number of halogens is 2. The predicted octanol–water partition coefficient (Wildman–Crippen LogP) is 2.89. The molecule has 29 heavy (non-hydrogen) atoms. The summed E-state index contributed by atoms with van der Waals surface area (Å²) >= 11 is 0. The summed E-state index contributed by atoms with van der Waals surface area (Å²) in [6, 6.07) is 13.6. The van der Waals surface area contributed by atoms with Crippen LogP contribution >= 0.6 is 0 Å². The number of anilines is 1. The van der Waals surface area contributed by atoms with Crippen LogP contribution in [0.5, 0.6) is 5.75 Å². The fourth-order valence-corrected chi connectivity index (χ4v) is 4.50. The van der Waals surface area contributed by atoms with Crippen LogP contribution in [0.15, 0.2) is 60.3 Å². The molecule has 1 aliphatic rings. The number of hydrogen-bond acceptors (Lipinski definition) is 6. The molecule has 2 aromatic rings. The van der Waals surface area contributed by atoms with Gasteiger partial charge in [0.1, 0.15) is 16.4 Å².